The van der Waals surface area contributed by atoms with Gasteiger partial charge in [0.25, 0.3) is 11.5 Å². The van der Waals surface area contributed by atoms with Crippen LogP contribution in [0.1, 0.15) is 27.0 Å². The van der Waals surface area contributed by atoms with Crippen LogP contribution in [0.5, 0.6) is 5.75 Å². The Labute approximate surface area is 194 Å². The number of hydrogen-bond acceptors (Lipinski definition) is 4. The largest absolute Gasteiger partial charge is 0.507 e. The van der Waals surface area contributed by atoms with Crippen LogP contribution in [-0.4, -0.2) is 20.6 Å². The van der Waals surface area contributed by atoms with E-state index < -0.39 is 0 Å². The Morgan fingerprint density at radius 3 is 2.62 bits per heavy atom. The van der Waals surface area contributed by atoms with Crippen LogP contribution >= 0.6 is 23.2 Å². The smallest absolute Gasteiger partial charge is 0.258 e. The molecule has 1 amide bonds. The summed E-state index contributed by atoms with van der Waals surface area (Å²) in [6.07, 6.45) is 3.51. The van der Waals surface area contributed by atoms with Gasteiger partial charge in [-0.2, -0.15) is 0 Å². The fraction of sp³-hybridized carbons (Fsp3) is 0.125. The number of aryl methyl sites for hydroxylation is 1. The Morgan fingerprint density at radius 2 is 1.91 bits per heavy atom. The molecule has 0 spiro atoms. The third kappa shape index (κ3) is 4.33. The molecular weight excluding hydrogens is 449 g/mol. The average molecular weight is 468 g/mol. The maximum absolute atomic E-state index is 12.9. The minimum atomic E-state index is -0.324. The highest BCUT2D eigenvalue weighted by Crippen LogP contribution is 2.30. The number of aromatic nitrogens is 2. The lowest BCUT2D eigenvalue weighted by Gasteiger charge is -2.13. The van der Waals surface area contributed by atoms with E-state index in [1.54, 1.807) is 61.9 Å². The van der Waals surface area contributed by atoms with Gasteiger partial charge >= 0.3 is 0 Å². The number of aromatic hydroxyl groups is 1. The summed E-state index contributed by atoms with van der Waals surface area (Å²) in [7, 11) is 1.63. The van der Waals surface area contributed by atoms with E-state index in [0.717, 1.165) is 11.1 Å². The van der Waals surface area contributed by atoms with Gasteiger partial charge in [0.05, 0.1) is 21.1 Å². The lowest BCUT2D eigenvalue weighted by Crippen LogP contribution is -2.24. The van der Waals surface area contributed by atoms with E-state index in [1.807, 2.05) is 6.07 Å². The van der Waals surface area contributed by atoms with Gasteiger partial charge in [0.2, 0.25) is 0 Å². The summed E-state index contributed by atoms with van der Waals surface area (Å²) in [5.74, 6) is -0.453. The zero-order valence-corrected chi connectivity index (χ0v) is 18.6. The molecule has 2 N–H and O–H groups in total. The highest BCUT2D eigenvalue weighted by molar-refractivity contribution is 6.42. The van der Waals surface area contributed by atoms with Crippen molar-refractivity contribution in [2.45, 2.75) is 13.0 Å². The van der Waals surface area contributed by atoms with E-state index in [2.05, 4.69) is 10.3 Å². The standard InChI is InChI=1S/C24H19Cl2N3O3/c1-29-21-7-5-16(23(31)28-13-15-3-2-8-27-12-15)11-17(21)22(30)18(24(29)32)9-14-4-6-19(25)20(26)10-14/h2-8,10-12,30H,9,13H2,1H3,(H,28,31). The van der Waals surface area contributed by atoms with Crippen LogP contribution in [-0.2, 0) is 20.0 Å². The van der Waals surface area contributed by atoms with Crippen LogP contribution in [0.25, 0.3) is 10.9 Å². The third-order valence-electron chi connectivity index (χ3n) is 5.26. The lowest BCUT2D eigenvalue weighted by molar-refractivity contribution is 0.0951. The van der Waals surface area contributed by atoms with Crippen molar-refractivity contribution in [3.63, 3.8) is 0 Å². The number of amides is 1. The molecule has 0 aliphatic heterocycles. The predicted molar refractivity (Wildman–Crippen MR) is 126 cm³/mol. The Morgan fingerprint density at radius 1 is 1.09 bits per heavy atom. The molecular formula is C24H19Cl2N3O3. The van der Waals surface area contributed by atoms with E-state index in [9.17, 15) is 14.7 Å². The summed E-state index contributed by atoms with van der Waals surface area (Å²) in [6, 6.07) is 13.6. The number of carbonyl (C=O) groups excluding carboxylic acids is 1. The van der Waals surface area contributed by atoms with Gasteiger partial charge in [0, 0.05) is 43.4 Å². The topological polar surface area (TPSA) is 84.2 Å². The second-order valence-electron chi connectivity index (χ2n) is 7.39. The fourth-order valence-corrected chi connectivity index (χ4v) is 3.86. The fourth-order valence-electron chi connectivity index (χ4n) is 3.54. The van der Waals surface area contributed by atoms with Gasteiger partial charge in [-0.3, -0.25) is 14.6 Å². The second kappa shape index (κ2) is 9.02. The summed E-state index contributed by atoms with van der Waals surface area (Å²) in [5, 5.41) is 15.0. The van der Waals surface area contributed by atoms with Gasteiger partial charge in [-0.15, -0.1) is 0 Å². The van der Waals surface area contributed by atoms with Gasteiger partial charge in [-0.25, -0.2) is 0 Å². The molecule has 4 aromatic rings. The number of fused-ring (bicyclic) bond motifs is 1. The molecule has 0 aliphatic rings. The second-order valence-corrected chi connectivity index (χ2v) is 8.21. The SMILES string of the molecule is Cn1c(=O)c(Cc2ccc(Cl)c(Cl)c2)c(O)c2cc(C(=O)NCc3cccnc3)ccc21. The van der Waals surface area contributed by atoms with Crippen molar-refractivity contribution in [1.82, 2.24) is 14.9 Å². The molecule has 0 bridgehead atoms. The molecule has 6 nitrogen and oxygen atoms in total. The first-order valence-electron chi connectivity index (χ1n) is 9.80. The first kappa shape index (κ1) is 21.9. The number of halogens is 2. The zero-order chi connectivity index (χ0) is 22.8. The summed E-state index contributed by atoms with van der Waals surface area (Å²) in [5.41, 5.74) is 2.39. The van der Waals surface area contributed by atoms with Gasteiger partial charge in [-0.1, -0.05) is 35.3 Å². The lowest BCUT2D eigenvalue weighted by atomic mass is 10.0. The Bertz CT molecular complexity index is 1390. The molecule has 4 rings (SSSR count). The molecule has 0 radical (unpaired) electrons. The van der Waals surface area contributed by atoms with Crippen molar-refractivity contribution < 1.29 is 9.90 Å². The minimum Gasteiger partial charge on any atom is -0.507 e. The molecule has 162 valence electrons. The first-order chi connectivity index (χ1) is 15.3. The highest BCUT2D eigenvalue weighted by atomic mass is 35.5. The molecule has 0 saturated carbocycles. The van der Waals surface area contributed by atoms with Gasteiger partial charge in [0.15, 0.2) is 0 Å². The van der Waals surface area contributed by atoms with Crippen molar-refractivity contribution in [2.24, 2.45) is 7.05 Å². The number of benzene rings is 2. The average Bonchev–Trinajstić information content (AvgIpc) is 2.81. The van der Waals surface area contributed by atoms with Gasteiger partial charge < -0.3 is 15.0 Å². The van der Waals surface area contributed by atoms with Crippen molar-refractivity contribution >= 4 is 40.0 Å². The molecule has 0 aliphatic carbocycles. The van der Waals surface area contributed by atoms with E-state index in [0.29, 0.717) is 33.1 Å². The van der Waals surface area contributed by atoms with Crippen molar-refractivity contribution in [1.29, 1.82) is 0 Å². The summed E-state index contributed by atoms with van der Waals surface area (Å²) in [4.78, 5) is 29.6. The van der Waals surface area contributed by atoms with Crippen molar-refractivity contribution in [3.8, 4) is 5.75 Å². The van der Waals surface area contributed by atoms with Gasteiger partial charge in [-0.05, 0) is 47.5 Å². The van der Waals surface area contributed by atoms with Gasteiger partial charge in [0.1, 0.15) is 5.75 Å². The van der Waals surface area contributed by atoms with Crippen LogP contribution in [0.4, 0.5) is 0 Å². The molecule has 0 saturated heterocycles. The van der Waals surface area contributed by atoms with E-state index in [4.69, 9.17) is 23.2 Å². The predicted octanol–water partition coefficient (Wildman–Crippen LogP) is 4.47. The number of pyridine rings is 2. The Kier molecular flexibility index (Phi) is 6.17. The Balaban J connectivity index is 1.69. The third-order valence-corrected chi connectivity index (χ3v) is 6.00. The molecule has 0 atom stereocenters. The molecule has 0 unspecified atom stereocenters. The summed E-state index contributed by atoms with van der Waals surface area (Å²) < 4.78 is 1.46. The zero-order valence-electron chi connectivity index (χ0n) is 17.1. The minimum absolute atomic E-state index is 0.156. The first-order valence-corrected chi connectivity index (χ1v) is 10.6. The molecule has 2 aromatic heterocycles. The van der Waals surface area contributed by atoms with Crippen molar-refractivity contribution in [3.05, 3.63) is 104 Å². The molecule has 2 aromatic carbocycles. The quantitative estimate of drug-likeness (QED) is 0.453. The molecule has 8 heteroatoms. The number of rotatable bonds is 5. The van der Waals surface area contributed by atoms with E-state index >= 15 is 0 Å². The van der Waals surface area contributed by atoms with Crippen LogP contribution in [0.15, 0.2) is 65.7 Å². The van der Waals surface area contributed by atoms with E-state index in [1.165, 1.54) is 4.57 Å². The van der Waals surface area contributed by atoms with Crippen molar-refractivity contribution in [2.75, 3.05) is 0 Å². The van der Waals surface area contributed by atoms with Crippen LogP contribution < -0.4 is 10.9 Å². The number of hydrogen-bond donors (Lipinski definition) is 2. The molecule has 2 heterocycles. The number of nitrogens with zero attached hydrogens (tertiary/aromatic N) is 2. The number of carbonyl (C=O) groups is 1. The highest BCUT2D eigenvalue weighted by Gasteiger charge is 2.17. The molecule has 0 fully saturated rings. The van der Waals surface area contributed by atoms with Crippen LogP contribution in [0.2, 0.25) is 10.0 Å². The van der Waals surface area contributed by atoms with E-state index in [-0.39, 0.29) is 29.2 Å². The maximum Gasteiger partial charge on any atom is 0.258 e. The van der Waals surface area contributed by atoms with Crippen LogP contribution in [0, 0.1) is 0 Å². The summed E-state index contributed by atoms with van der Waals surface area (Å²) >= 11 is 12.1. The monoisotopic (exact) mass is 467 g/mol. The normalized spacial score (nSPS) is 11.0. The molecule has 32 heavy (non-hydrogen) atoms. The Hall–Kier alpha value is -3.35. The van der Waals surface area contributed by atoms with Crippen LogP contribution in [0.3, 0.4) is 0 Å². The number of nitrogens with one attached hydrogen (secondary N) is 1. The summed E-state index contributed by atoms with van der Waals surface area (Å²) in [6.45, 7) is 0.326. The maximum atomic E-state index is 12.9.